The third kappa shape index (κ3) is 3.10. The van der Waals surface area contributed by atoms with Crippen molar-refractivity contribution >= 4 is 23.2 Å². The Labute approximate surface area is 110 Å². The van der Waals surface area contributed by atoms with Crippen LogP contribution in [0.25, 0.3) is 0 Å². The topological polar surface area (TPSA) is 57.6 Å². The zero-order chi connectivity index (χ0) is 13.0. The van der Waals surface area contributed by atoms with Crippen molar-refractivity contribution in [3.05, 3.63) is 22.4 Å². The molecule has 1 unspecified atom stereocenters. The fraction of sp³-hybridized carbons (Fsp3) is 0.538. The molecule has 5 heteroatoms. The standard InChI is InChI=1S/C13H17NO3S/c15-12(8-10-5-7-18-9-10)14-6-3-1-2-4-11(14)13(16)17/h5,7,9,11H,1-4,6,8H2,(H,16,17). The predicted octanol–water partition coefficient (Wildman–Crippen LogP) is 2.15. The molecule has 0 aromatic carbocycles. The summed E-state index contributed by atoms with van der Waals surface area (Å²) in [6, 6.07) is 1.27. The minimum atomic E-state index is -0.879. The van der Waals surface area contributed by atoms with Gasteiger partial charge in [0.25, 0.3) is 0 Å². The van der Waals surface area contributed by atoms with Crippen LogP contribution in [0.15, 0.2) is 16.8 Å². The van der Waals surface area contributed by atoms with Crippen molar-refractivity contribution in [1.29, 1.82) is 0 Å². The molecule has 1 atom stereocenters. The van der Waals surface area contributed by atoms with Crippen LogP contribution in [0.2, 0.25) is 0 Å². The first kappa shape index (κ1) is 13.1. The van der Waals surface area contributed by atoms with Crippen LogP contribution in [0.3, 0.4) is 0 Å². The van der Waals surface area contributed by atoms with E-state index in [2.05, 4.69) is 0 Å². The minimum Gasteiger partial charge on any atom is -0.480 e. The molecule has 0 bridgehead atoms. The third-order valence-electron chi connectivity index (χ3n) is 3.29. The molecular weight excluding hydrogens is 250 g/mol. The van der Waals surface area contributed by atoms with Gasteiger partial charge in [-0.25, -0.2) is 4.79 Å². The maximum atomic E-state index is 12.2. The smallest absolute Gasteiger partial charge is 0.326 e. The molecule has 4 nitrogen and oxygen atoms in total. The maximum absolute atomic E-state index is 12.2. The van der Waals surface area contributed by atoms with Gasteiger partial charge in [0, 0.05) is 6.54 Å². The van der Waals surface area contributed by atoms with E-state index in [9.17, 15) is 14.7 Å². The van der Waals surface area contributed by atoms with Gasteiger partial charge in [-0.2, -0.15) is 11.3 Å². The number of nitrogens with zero attached hydrogens (tertiary/aromatic N) is 1. The summed E-state index contributed by atoms with van der Waals surface area (Å²) in [5, 5.41) is 13.1. The maximum Gasteiger partial charge on any atom is 0.326 e. The summed E-state index contributed by atoms with van der Waals surface area (Å²) < 4.78 is 0. The third-order valence-corrected chi connectivity index (χ3v) is 4.03. The molecule has 1 amide bonds. The number of hydrogen-bond donors (Lipinski definition) is 1. The van der Waals surface area contributed by atoms with E-state index in [4.69, 9.17) is 0 Å². The normalized spacial score (nSPS) is 20.4. The fourth-order valence-corrected chi connectivity index (χ4v) is 3.00. The zero-order valence-corrected chi connectivity index (χ0v) is 11.0. The molecule has 1 saturated heterocycles. The fourth-order valence-electron chi connectivity index (χ4n) is 2.33. The summed E-state index contributed by atoms with van der Waals surface area (Å²) in [6.07, 6.45) is 3.68. The first-order valence-corrected chi connectivity index (χ1v) is 7.16. The minimum absolute atomic E-state index is 0.0669. The summed E-state index contributed by atoms with van der Waals surface area (Å²) in [4.78, 5) is 25.0. The highest BCUT2D eigenvalue weighted by Crippen LogP contribution is 2.19. The molecule has 1 aliphatic heterocycles. The molecule has 2 heterocycles. The number of carboxylic acid groups (broad SMARTS) is 1. The first-order valence-electron chi connectivity index (χ1n) is 6.22. The van der Waals surface area contributed by atoms with E-state index < -0.39 is 12.0 Å². The lowest BCUT2D eigenvalue weighted by Crippen LogP contribution is -2.45. The van der Waals surface area contributed by atoms with Crippen molar-refractivity contribution in [2.45, 2.75) is 38.1 Å². The van der Waals surface area contributed by atoms with Crippen molar-refractivity contribution in [3.8, 4) is 0 Å². The van der Waals surface area contributed by atoms with Crippen LogP contribution in [0, 0.1) is 0 Å². The molecule has 0 aliphatic carbocycles. The molecular formula is C13H17NO3S. The zero-order valence-electron chi connectivity index (χ0n) is 10.2. The van der Waals surface area contributed by atoms with Crippen molar-refractivity contribution in [2.24, 2.45) is 0 Å². The van der Waals surface area contributed by atoms with E-state index in [1.54, 1.807) is 16.2 Å². The van der Waals surface area contributed by atoms with Crippen LogP contribution in [-0.2, 0) is 16.0 Å². The molecule has 0 spiro atoms. The number of likely N-dealkylation sites (tertiary alicyclic amines) is 1. The summed E-state index contributed by atoms with van der Waals surface area (Å²) >= 11 is 1.55. The average molecular weight is 267 g/mol. The van der Waals surface area contributed by atoms with Gasteiger partial charge in [-0.05, 0) is 35.2 Å². The molecule has 1 N–H and O–H groups in total. The van der Waals surface area contributed by atoms with E-state index in [0.717, 1.165) is 24.8 Å². The van der Waals surface area contributed by atoms with Crippen LogP contribution >= 0.6 is 11.3 Å². The quantitative estimate of drug-likeness (QED) is 0.913. The predicted molar refractivity (Wildman–Crippen MR) is 69.6 cm³/mol. The van der Waals surface area contributed by atoms with Gasteiger partial charge in [-0.3, -0.25) is 4.79 Å². The monoisotopic (exact) mass is 267 g/mol. The molecule has 1 fully saturated rings. The van der Waals surface area contributed by atoms with Crippen LogP contribution in [-0.4, -0.2) is 34.5 Å². The van der Waals surface area contributed by atoms with Crippen LogP contribution < -0.4 is 0 Å². The highest BCUT2D eigenvalue weighted by atomic mass is 32.1. The van der Waals surface area contributed by atoms with E-state index in [0.29, 0.717) is 19.4 Å². The second-order valence-corrected chi connectivity index (χ2v) is 5.38. The van der Waals surface area contributed by atoms with Crippen LogP contribution in [0.1, 0.15) is 31.2 Å². The molecule has 0 radical (unpaired) electrons. The second kappa shape index (κ2) is 6.00. The van der Waals surface area contributed by atoms with Gasteiger partial charge in [0.1, 0.15) is 6.04 Å². The number of carboxylic acids is 1. The van der Waals surface area contributed by atoms with Gasteiger partial charge >= 0.3 is 5.97 Å². The SMILES string of the molecule is O=C(O)C1CCCCCN1C(=O)Cc1ccsc1. The first-order chi connectivity index (χ1) is 8.68. The Bertz CT molecular complexity index is 416. The number of thiophene rings is 1. The Kier molecular flexibility index (Phi) is 4.36. The lowest BCUT2D eigenvalue weighted by atomic mass is 10.1. The molecule has 1 aromatic heterocycles. The van der Waals surface area contributed by atoms with Gasteiger partial charge in [0.2, 0.25) is 5.91 Å². The molecule has 2 rings (SSSR count). The molecule has 1 aromatic rings. The summed E-state index contributed by atoms with van der Waals surface area (Å²) in [5.41, 5.74) is 0.971. The summed E-state index contributed by atoms with van der Waals surface area (Å²) in [5.74, 6) is -0.946. The van der Waals surface area contributed by atoms with Gasteiger partial charge in [-0.1, -0.05) is 12.8 Å². The van der Waals surface area contributed by atoms with E-state index in [1.165, 1.54) is 0 Å². The number of carbonyl (C=O) groups is 2. The number of rotatable bonds is 3. The lowest BCUT2D eigenvalue weighted by Gasteiger charge is -2.26. The number of carbonyl (C=O) groups excluding carboxylic acids is 1. The number of hydrogen-bond acceptors (Lipinski definition) is 3. The molecule has 1 aliphatic rings. The number of amides is 1. The van der Waals surface area contributed by atoms with E-state index >= 15 is 0 Å². The molecule has 0 saturated carbocycles. The van der Waals surface area contributed by atoms with Crippen LogP contribution in [0.5, 0.6) is 0 Å². The molecule has 98 valence electrons. The highest BCUT2D eigenvalue weighted by Gasteiger charge is 2.30. The van der Waals surface area contributed by atoms with E-state index in [-0.39, 0.29) is 5.91 Å². The van der Waals surface area contributed by atoms with Gasteiger partial charge in [-0.15, -0.1) is 0 Å². The van der Waals surface area contributed by atoms with Crippen molar-refractivity contribution < 1.29 is 14.7 Å². The lowest BCUT2D eigenvalue weighted by molar-refractivity contribution is -0.150. The summed E-state index contributed by atoms with van der Waals surface area (Å²) in [6.45, 7) is 0.569. The molecule has 18 heavy (non-hydrogen) atoms. The number of aliphatic carboxylic acids is 1. The van der Waals surface area contributed by atoms with Crippen molar-refractivity contribution in [2.75, 3.05) is 6.54 Å². The van der Waals surface area contributed by atoms with Gasteiger partial charge < -0.3 is 10.0 Å². The Morgan fingerprint density at radius 3 is 2.89 bits per heavy atom. The second-order valence-electron chi connectivity index (χ2n) is 4.60. The Hall–Kier alpha value is -1.36. The Morgan fingerprint density at radius 1 is 1.39 bits per heavy atom. The van der Waals surface area contributed by atoms with Crippen LogP contribution in [0.4, 0.5) is 0 Å². The highest BCUT2D eigenvalue weighted by molar-refractivity contribution is 7.07. The van der Waals surface area contributed by atoms with Crippen molar-refractivity contribution in [3.63, 3.8) is 0 Å². The average Bonchev–Trinajstić information content (AvgIpc) is 2.70. The van der Waals surface area contributed by atoms with Gasteiger partial charge in [0.15, 0.2) is 0 Å². The Morgan fingerprint density at radius 2 is 2.22 bits per heavy atom. The largest absolute Gasteiger partial charge is 0.480 e. The summed E-state index contributed by atoms with van der Waals surface area (Å²) in [7, 11) is 0. The van der Waals surface area contributed by atoms with Gasteiger partial charge in [0.05, 0.1) is 6.42 Å². The Balaban J connectivity index is 2.07. The van der Waals surface area contributed by atoms with Crippen molar-refractivity contribution in [1.82, 2.24) is 4.90 Å². The van der Waals surface area contributed by atoms with E-state index in [1.807, 2.05) is 16.8 Å².